The maximum atomic E-state index is 13.1. The Morgan fingerprint density at radius 3 is 2.35 bits per heavy atom. The summed E-state index contributed by atoms with van der Waals surface area (Å²) in [5, 5.41) is 0. The Bertz CT molecular complexity index is 829. The van der Waals surface area contributed by atoms with Crippen LogP contribution in [0.2, 0.25) is 0 Å². The Morgan fingerprint density at radius 1 is 0.968 bits per heavy atom. The molecule has 0 aliphatic carbocycles. The molecule has 2 fully saturated rings. The van der Waals surface area contributed by atoms with E-state index in [-0.39, 0.29) is 5.54 Å². The van der Waals surface area contributed by atoms with Crippen LogP contribution < -0.4 is 0 Å². The lowest BCUT2D eigenvalue weighted by atomic mass is 9.82. The van der Waals surface area contributed by atoms with Crippen molar-refractivity contribution in [1.82, 2.24) is 14.8 Å². The topological polar surface area (TPSA) is 28.6 Å². The maximum absolute atomic E-state index is 13.1. The number of alkyl halides is 3. The predicted molar refractivity (Wildman–Crippen MR) is 114 cm³/mol. The van der Waals surface area contributed by atoms with E-state index in [4.69, 9.17) is 4.74 Å². The molecule has 2 aliphatic rings. The Labute approximate surface area is 182 Å². The van der Waals surface area contributed by atoms with E-state index in [1.807, 2.05) is 6.07 Å². The number of rotatable bonds is 6. The van der Waals surface area contributed by atoms with Gasteiger partial charge in [0.1, 0.15) is 0 Å². The Balaban J connectivity index is 1.39. The van der Waals surface area contributed by atoms with Crippen molar-refractivity contribution in [3.05, 3.63) is 65.5 Å². The van der Waals surface area contributed by atoms with Gasteiger partial charge >= 0.3 is 6.18 Å². The van der Waals surface area contributed by atoms with Gasteiger partial charge in [-0.05, 0) is 43.4 Å². The first-order valence-electron chi connectivity index (χ1n) is 11.1. The molecular formula is C24H30F3N3O. The summed E-state index contributed by atoms with van der Waals surface area (Å²) >= 11 is 0. The molecule has 0 bridgehead atoms. The first kappa shape index (κ1) is 22.2. The van der Waals surface area contributed by atoms with Crippen LogP contribution in [-0.2, 0) is 23.9 Å². The van der Waals surface area contributed by atoms with Crippen molar-refractivity contribution in [2.24, 2.45) is 0 Å². The normalized spacial score (nSPS) is 20.6. The minimum atomic E-state index is -4.33. The molecule has 0 atom stereocenters. The molecule has 31 heavy (non-hydrogen) atoms. The molecule has 4 nitrogen and oxygen atoms in total. The Kier molecular flexibility index (Phi) is 6.94. The third-order valence-electron chi connectivity index (χ3n) is 6.71. The first-order valence-corrected chi connectivity index (χ1v) is 11.1. The van der Waals surface area contributed by atoms with Crippen molar-refractivity contribution in [3.8, 4) is 0 Å². The smallest absolute Gasteiger partial charge is 0.381 e. The zero-order chi connectivity index (χ0) is 21.7. The molecular weight excluding hydrogens is 403 g/mol. The number of aryl methyl sites for hydroxylation is 1. The third-order valence-corrected chi connectivity index (χ3v) is 6.71. The van der Waals surface area contributed by atoms with Gasteiger partial charge in [0.25, 0.3) is 0 Å². The van der Waals surface area contributed by atoms with Crippen molar-refractivity contribution in [2.75, 3.05) is 39.4 Å². The SMILES string of the molecule is FC(F)(F)c1ccnc(CCC2(N3CCN(Cc4ccccc4)CC3)CCOCC2)c1. The van der Waals surface area contributed by atoms with Gasteiger partial charge in [0.05, 0.1) is 5.56 Å². The summed E-state index contributed by atoms with van der Waals surface area (Å²) in [6.07, 6.45) is 0.146. The summed E-state index contributed by atoms with van der Waals surface area (Å²) in [4.78, 5) is 9.25. The van der Waals surface area contributed by atoms with E-state index in [0.717, 1.165) is 58.1 Å². The van der Waals surface area contributed by atoms with Crippen LogP contribution in [0.3, 0.4) is 0 Å². The lowest BCUT2D eigenvalue weighted by Crippen LogP contribution is -2.59. The van der Waals surface area contributed by atoms with Gasteiger partial charge in [0.15, 0.2) is 0 Å². The molecule has 2 saturated heterocycles. The van der Waals surface area contributed by atoms with Gasteiger partial charge in [0.2, 0.25) is 0 Å². The van der Waals surface area contributed by atoms with Crippen molar-refractivity contribution in [2.45, 2.75) is 43.9 Å². The van der Waals surface area contributed by atoms with Crippen LogP contribution in [0.15, 0.2) is 48.7 Å². The van der Waals surface area contributed by atoms with E-state index >= 15 is 0 Å². The predicted octanol–water partition coefficient (Wildman–Crippen LogP) is 4.40. The molecule has 1 aromatic carbocycles. The second-order valence-corrected chi connectivity index (χ2v) is 8.62. The molecule has 0 unspecified atom stereocenters. The highest BCUT2D eigenvalue weighted by Gasteiger charge is 2.39. The molecule has 3 heterocycles. The van der Waals surface area contributed by atoms with Crippen LogP contribution in [0.1, 0.15) is 36.1 Å². The van der Waals surface area contributed by atoms with Crippen LogP contribution in [-0.4, -0.2) is 59.7 Å². The van der Waals surface area contributed by atoms with Gasteiger partial charge in [-0.1, -0.05) is 30.3 Å². The zero-order valence-corrected chi connectivity index (χ0v) is 17.8. The van der Waals surface area contributed by atoms with Crippen LogP contribution in [0, 0.1) is 0 Å². The van der Waals surface area contributed by atoms with Crippen LogP contribution >= 0.6 is 0 Å². The molecule has 0 spiro atoms. The largest absolute Gasteiger partial charge is 0.416 e. The monoisotopic (exact) mass is 433 g/mol. The number of hydrogen-bond acceptors (Lipinski definition) is 4. The fraction of sp³-hybridized carbons (Fsp3) is 0.542. The zero-order valence-electron chi connectivity index (χ0n) is 17.8. The summed E-state index contributed by atoms with van der Waals surface area (Å²) in [6.45, 7) is 6.32. The van der Waals surface area contributed by atoms with Gasteiger partial charge in [-0.25, -0.2) is 0 Å². The molecule has 0 amide bonds. The number of pyridine rings is 1. The van der Waals surface area contributed by atoms with E-state index in [0.29, 0.717) is 25.3 Å². The van der Waals surface area contributed by atoms with E-state index in [2.05, 4.69) is 39.0 Å². The van der Waals surface area contributed by atoms with Crippen molar-refractivity contribution in [3.63, 3.8) is 0 Å². The molecule has 2 aromatic rings. The highest BCUT2D eigenvalue weighted by Crippen LogP contribution is 2.34. The molecule has 2 aliphatic heterocycles. The van der Waals surface area contributed by atoms with Gasteiger partial charge in [-0.2, -0.15) is 13.2 Å². The fourth-order valence-electron chi connectivity index (χ4n) is 4.85. The maximum Gasteiger partial charge on any atom is 0.416 e. The minimum Gasteiger partial charge on any atom is -0.381 e. The molecule has 1 aromatic heterocycles. The fourth-order valence-corrected chi connectivity index (χ4v) is 4.85. The number of aromatic nitrogens is 1. The first-order chi connectivity index (χ1) is 14.9. The lowest BCUT2D eigenvalue weighted by Gasteiger charge is -2.50. The number of piperazine rings is 1. The summed E-state index contributed by atoms with van der Waals surface area (Å²) in [5.74, 6) is 0. The minimum absolute atomic E-state index is 0.0208. The summed E-state index contributed by atoms with van der Waals surface area (Å²) in [7, 11) is 0. The number of hydrogen-bond donors (Lipinski definition) is 0. The van der Waals surface area contributed by atoms with E-state index < -0.39 is 11.7 Å². The van der Waals surface area contributed by atoms with Gasteiger partial charge < -0.3 is 4.74 Å². The van der Waals surface area contributed by atoms with Crippen molar-refractivity contribution < 1.29 is 17.9 Å². The molecule has 0 saturated carbocycles. The number of benzene rings is 1. The molecule has 0 radical (unpaired) electrons. The Morgan fingerprint density at radius 2 is 1.68 bits per heavy atom. The number of nitrogens with zero attached hydrogens (tertiary/aromatic N) is 3. The summed E-state index contributed by atoms with van der Waals surface area (Å²) in [5.41, 5.74) is 1.20. The number of ether oxygens (including phenoxy) is 1. The average molecular weight is 434 g/mol. The summed E-state index contributed by atoms with van der Waals surface area (Å²) < 4.78 is 44.8. The lowest BCUT2D eigenvalue weighted by molar-refractivity contribution is -0.137. The van der Waals surface area contributed by atoms with Crippen molar-refractivity contribution >= 4 is 0 Å². The Hall–Kier alpha value is -1.96. The van der Waals surface area contributed by atoms with E-state index in [1.54, 1.807) is 0 Å². The van der Waals surface area contributed by atoms with Gasteiger partial charge in [0, 0.05) is 63.4 Å². The molecule has 4 rings (SSSR count). The second kappa shape index (κ2) is 9.67. The quantitative estimate of drug-likeness (QED) is 0.675. The third kappa shape index (κ3) is 5.64. The van der Waals surface area contributed by atoms with Crippen LogP contribution in [0.4, 0.5) is 13.2 Å². The van der Waals surface area contributed by atoms with Gasteiger partial charge in [-0.15, -0.1) is 0 Å². The number of halogens is 3. The molecule has 0 N–H and O–H groups in total. The van der Waals surface area contributed by atoms with Crippen molar-refractivity contribution in [1.29, 1.82) is 0 Å². The van der Waals surface area contributed by atoms with Crippen LogP contribution in [0.25, 0.3) is 0 Å². The second-order valence-electron chi connectivity index (χ2n) is 8.62. The average Bonchev–Trinajstić information content (AvgIpc) is 2.79. The summed E-state index contributed by atoms with van der Waals surface area (Å²) in [6, 6.07) is 12.7. The highest BCUT2D eigenvalue weighted by molar-refractivity contribution is 5.20. The standard InChI is InChI=1S/C24H30F3N3O/c25-24(26,27)21-7-11-28-22(18-21)6-8-23(9-16-31-17-10-23)30-14-12-29(13-15-30)19-20-4-2-1-3-5-20/h1-5,7,11,18H,6,8-10,12-17,19H2. The van der Waals surface area contributed by atoms with Gasteiger partial charge in [-0.3, -0.25) is 14.8 Å². The molecule has 7 heteroatoms. The molecule has 168 valence electrons. The van der Waals surface area contributed by atoms with E-state index in [1.165, 1.54) is 17.8 Å². The van der Waals surface area contributed by atoms with E-state index in [9.17, 15) is 13.2 Å². The van der Waals surface area contributed by atoms with Crippen LogP contribution in [0.5, 0.6) is 0 Å². The highest BCUT2D eigenvalue weighted by atomic mass is 19.4.